The molecule has 4 rings (SSSR count). The molecule has 0 saturated heterocycles. The van der Waals surface area contributed by atoms with Crippen LogP contribution in [0.2, 0.25) is 0 Å². The number of nitrogens with zero attached hydrogens (tertiary/aromatic N) is 3. The summed E-state index contributed by atoms with van der Waals surface area (Å²) in [6.45, 7) is 1.97. The third kappa shape index (κ3) is 3.83. The first-order valence-corrected chi connectivity index (χ1v) is 9.72. The fraction of sp³-hybridized carbons (Fsp3) is 0.0476. The highest BCUT2D eigenvalue weighted by atomic mass is 127. The molecule has 0 aliphatic carbocycles. The topological polar surface area (TPSA) is 91.2 Å². The van der Waals surface area contributed by atoms with Crippen LogP contribution in [0, 0.1) is 20.6 Å². The fourth-order valence-electron chi connectivity index (χ4n) is 2.92. The first-order chi connectivity index (χ1) is 13.9. The molecule has 0 spiro atoms. The Hall–Kier alpha value is -3.27. The lowest BCUT2D eigenvalue weighted by Gasteiger charge is -2.12. The van der Waals surface area contributed by atoms with E-state index >= 15 is 0 Å². The maximum absolute atomic E-state index is 13.3. The minimum Gasteiger partial charge on any atom is -0.401 e. The van der Waals surface area contributed by atoms with Gasteiger partial charge in [-0.05, 0) is 78.1 Å². The van der Waals surface area contributed by atoms with Gasteiger partial charge in [-0.25, -0.2) is 4.98 Å². The number of fused-ring (bicyclic) bond motifs is 1. The maximum Gasteiger partial charge on any atom is 0.433 e. The highest BCUT2D eigenvalue weighted by Gasteiger charge is 2.13. The summed E-state index contributed by atoms with van der Waals surface area (Å²) in [4.78, 5) is 28.1. The highest BCUT2D eigenvalue weighted by molar-refractivity contribution is 14.1. The van der Waals surface area contributed by atoms with E-state index < -0.39 is 4.92 Å². The van der Waals surface area contributed by atoms with E-state index in [9.17, 15) is 14.9 Å². The second-order valence-electron chi connectivity index (χ2n) is 6.37. The zero-order valence-corrected chi connectivity index (χ0v) is 17.4. The van der Waals surface area contributed by atoms with E-state index in [2.05, 4.69) is 27.6 Å². The van der Waals surface area contributed by atoms with E-state index in [1.807, 2.05) is 37.3 Å². The van der Waals surface area contributed by atoms with Gasteiger partial charge < -0.3 is 4.42 Å². The first-order valence-electron chi connectivity index (χ1n) is 8.64. The summed E-state index contributed by atoms with van der Waals surface area (Å²) in [6.07, 6.45) is 3.17. The number of hydrogen-bond acceptors (Lipinski definition) is 5. The van der Waals surface area contributed by atoms with Crippen molar-refractivity contribution in [2.75, 3.05) is 0 Å². The van der Waals surface area contributed by atoms with Gasteiger partial charge >= 0.3 is 5.88 Å². The van der Waals surface area contributed by atoms with Crippen LogP contribution in [-0.2, 0) is 0 Å². The fourth-order valence-corrected chi connectivity index (χ4v) is 3.41. The van der Waals surface area contributed by atoms with Crippen LogP contribution in [0.15, 0.2) is 63.8 Å². The molecule has 144 valence electrons. The molecule has 0 aliphatic heterocycles. The third-order valence-electron chi connectivity index (χ3n) is 4.34. The van der Waals surface area contributed by atoms with Crippen LogP contribution in [-0.4, -0.2) is 14.5 Å². The van der Waals surface area contributed by atoms with Gasteiger partial charge in [0, 0.05) is 3.57 Å². The quantitative estimate of drug-likeness (QED) is 0.225. The van der Waals surface area contributed by atoms with Crippen molar-refractivity contribution in [1.82, 2.24) is 9.55 Å². The van der Waals surface area contributed by atoms with Crippen molar-refractivity contribution in [3.05, 3.63) is 95.8 Å². The van der Waals surface area contributed by atoms with Gasteiger partial charge in [-0.2, -0.15) is 0 Å². The van der Waals surface area contributed by atoms with E-state index in [0.29, 0.717) is 28.2 Å². The molecule has 0 N–H and O–H groups in total. The number of nitro groups is 1. The van der Waals surface area contributed by atoms with Crippen LogP contribution >= 0.6 is 22.6 Å². The summed E-state index contributed by atoms with van der Waals surface area (Å²) in [5.74, 6) is 0.345. The monoisotopic (exact) mass is 499 g/mol. The van der Waals surface area contributed by atoms with Crippen molar-refractivity contribution in [3.63, 3.8) is 0 Å². The molecule has 29 heavy (non-hydrogen) atoms. The second kappa shape index (κ2) is 7.63. The van der Waals surface area contributed by atoms with Crippen LogP contribution < -0.4 is 5.56 Å². The van der Waals surface area contributed by atoms with Crippen molar-refractivity contribution >= 4 is 51.5 Å². The molecule has 2 heterocycles. The minimum absolute atomic E-state index is 0.192. The summed E-state index contributed by atoms with van der Waals surface area (Å²) in [6, 6.07) is 15.8. The minimum atomic E-state index is -0.602. The molecular weight excluding hydrogens is 485 g/mol. The van der Waals surface area contributed by atoms with Gasteiger partial charge in [0.25, 0.3) is 5.56 Å². The zero-order chi connectivity index (χ0) is 20.5. The van der Waals surface area contributed by atoms with E-state index in [-0.39, 0.29) is 11.4 Å². The summed E-state index contributed by atoms with van der Waals surface area (Å²) in [7, 11) is 0. The van der Waals surface area contributed by atoms with Gasteiger partial charge in [-0.3, -0.25) is 19.5 Å². The van der Waals surface area contributed by atoms with Gasteiger partial charge in [0.15, 0.2) is 0 Å². The molecule has 0 unspecified atom stereocenters. The summed E-state index contributed by atoms with van der Waals surface area (Å²) in [5.41, 5.74) is 2.13. The van der Waals surface area contributed by atoms with Crippen LogP contribution in [0.4, 0.5) is 5.88 Å². The van der Waals surface area contributed by atoms with E-state index in [0.717, 1.165) is 9.13 Å². The molecule has 0 atom stereocenters. The molecule has 4 aromatic rings. The zero-order valence-electron chi connectivity index (χ0n) is 15.2. The van der Waals surface area contributed by atoms with Crippen LogP contribution in [0.3, 0.4) is 0 Å². The largest absolute Gasteiger partial charge is 0.433 e. The van der Waals surface area contributed by atoms with Crippen LogP contribution in [0.25, 0.3) is 28.7 Å². The smallest absolute Gasteiger partial charge is 0.401 e. The highest BCUT2D eigenvalue weighted by Crippen LogP contribution is 2.20. The van der Waals surface area contributed by atoms with Crippen molar-refractivity contribution in [3.8, 4) is 5.69 Å². The van der Waals surface area contributed by atoms with E-state index in [1.54, 1.807) is 24.3 Å². The van der Waals surface area contributed by atoms with Gasteiger partial charge in [0.1, 0.15) is 16.5 Å². The standard InChI is InChI=1S/C21H14IN3O4/c1-13-2-5-15(6-3-13)24-19(10-7-16-8-11-20(29-16)25(27)28)23-18-9-4-14(22)12-17(18)21(24)26/h2-12H,1H3/b10-7+. The van der Waals surface area contributed by atoms with Crippen molar-refractivity contribution in [2.24, 2.45) is 0 Å². The van der Waals surface area contributed by atoms with Crippen molar-refractivity contribution in [2.45, 2.75) is 6.92 Å². The lowest BCUT2D eigenvalue weighted by molar-refractivity contribution is -0.402. The maximum atomic E-state index is 13.3. The molecule has 2 aromatic heterocycles. The summed E-state index contributed by atoms with van der Waals surface area (Å²) >= 11 is 2.16. The average Bonchev–Trinajstić information content (AvgIpc) is 3.17. The Bertz CT molecular complexity index is 1320. The lowest BCUT2D eigenvalue weighted by Crippen LogP contribution is -2.22. The third-order valence-corrected chi connectivity index (χ3v) is 5.01. The molecule has 2 aromatic carbocycles. The Kier molecular flexibility index (Phi) is 5.01. The van der Waals surface area contributed by atoms with Gasteiger partial charge in [0.05, 0.1) is 22.7 Å². The summed E-state index contributed by atoms with van der Waals surface area (Å²) < 4.78 is 7.62. The molecule has 0 radical (unpaired) electrons. The number of halogens is 1. The Morgan fingerprint density at radius 2 is 1.86 bits per heavy atom. The van der Waals surface area contributed by atoms with E-state index in [4.69, 9.17) is 4.42 Å². The Morgan fingerprint density at radius 1 is 1.10 bits per heavy atom. The Balaban J connectivity index is 1.91. The number of aromatic nitrogens is 2. The van der Waals surface area contributed by atoms with Crippen LogP contribution in [0.1, 0.15) is 17.1 Å². The number of hydrogen-bond donors (Lipinski definition) is 0. The molecule has 0 saturated carbocycles. The predicted octanol–water partition coefficient (Wildman–Crippen LogP) is 4.97. The number of aryl methyl sites for hydroxylation is 1. The van der Waals surface area contributed by atoms with Crippen molar-refractivity contribution in [1.29, 1.82) is 0 Å². The van der Waals surface area contributed by atoms with Crippen LogP contribution in [0.5, 0.6) is 0 Å². The molecule has 0 aliphatic rings. The molecule has 0 bridgehead atoms. The Morgan fingerprint density at radius 3 is 2.55 bits per heavy atom. The second-order valence-corrected chi connectivity index (χ2v) is 7.62. The molecule has 0 fully saturated rings. The Labute approximate surface area is 178 Å². The average molecular weight is 499 g/mol. The van der Waals surface area contributed by atoms with Gasteiger partial charge in [0.2, 0.25) is 0 Å². The lowest BCUT2D eigenvalue weighted by atomic mass is 10.2. The summed E-state index contributed by atoms with van der Waals surface area (Å²) in [5, 5.41) is 11.3. The number of rotatable bonds is 4. The molecular formula is C21H14IN3O4. The van der Waals surface area contributed by atoms with Crippen molar-refractivity contribution < 1.29 is 9.34 Å². The molecule has 0 amide bonds. The van der Waals surface area contributed by atoms with Gasteiger partial charge in [-0.1, -0.05) is 17.7 Å². The molecule has 8 heteroatoms. The first kappa shape index (κ1) is 19.1. The molecule has 7 nitrogen and oxygen atoms in total. The van der Waals surface area contributed by atoms with E-state index in [1.165, 1.54) is 16.7 Å². The van der Waals surface area contributed by atoms with Gasteiger partial charge in [-0.15, -0.1) is 0 Å². The normalized spacial score (nSPS) is 11.4. The number of furan rings is 1. The SMILES string of the molecule is Cc1ccc(-n2c(/C=C/c3ccc([N+](=O)[O-])o3)nc3ccc(I)cc3c2=O)cc1. The predicted molar refractivity (Wildman–Crippen MR) is 119 cm³/mol. The number of benzene rings is 2.